The molecule has 1 aliphatic carbocycles. The van der Waals surface area contributed by atoms with Gasteiger partial charge < -0.3 is 15.0 Å². The lowest BCUT2D eigenvalue weighted by Crippen LogP contribution is -2.62. The Morgan fingerprint density at radius 1 is 1.30 bits per heavy atom. The van der Waals surface area contributed by atoms with Crippen molar-refractivity contribution in [2.24, 2.45) is 7.05 Å². The lowest BCUT2D eigenvalue weighted by Gasteiger charge is -2.43. The van der Waals surface area contributed by atoms with Gasteiger partial charge in [0.25, 0.3) is 0 Å². The second kappa shape index (κ2) is 7.57. The molecule has 0 aliphatic heterocycles. The molecule has 1 saturated carbocycles. The van der Waals surface area contributed by atoms with Crippen LogP contribution in [0, 0.1) is 17.1 Å². The quantitative estimate of drug-likeness (QED) is 0.467. The molecule has 3 N–H and O–H groups in total. The minimum Gasteiger partial charge on any atom is -0.368 e. The summed E-state index contributed by atoms with van der Waals surface area (Å²) in [6.07, 6.45) is -5.55. The van der Waals surface area contributed by atoms with E-state index in [9.17, 15) is 31.1 Å². The summed E-state index contributed by atoms with van der Waals surface area (Å²) in [7, 11) is -3.10. The summed E-state index contributed by atoms with van der Waals surface area (Å²) in [5.74, 6) is -0.745. The Kier molecular flexibility index (Phi) is 5.57. The van der Waals surface area contributed by atoms with Crippen LogP contribution < -0.4 is 10.0 Å². The van der Waals surface area contributed by atoms with Gasteiger partial charge in [0.1, 0.15) is 22.3 Å². The van der Waals surface area contributed by atoms with Crippen LogP contribution in [0.3, 0.4) is 0 Å². The van der Waals surface area contributed by atoms with E-state index in [1.54, 1.807) is 10.8 Å². The molecule has 162 valence electrons. The first-order chi connectivity index (χ1) is 13.9. The maximum absolute atomic E-state index is 13.4. The molecule has 1 atom stereocenters. The normalized spacial score (nSPS) is 17.1. The number of hydrogen-bond acceptors (Lipinski definition) is 5. The third-order valence-corrected chi connectivity index (χ3v) is 6.58. The number of nitrogens with one attached hydrogen (secondary N) is 2. The van der Waals surface area contributed by atoms with Gasteiger partial charge in [0.2, 0.25) is 10.0 Å². The molecule has 0 spiro atoms. The zero-order chi connectivity index (χ0) is 22.3. The lowest BCUT2D eigenvalue weighted by atomic mass is 9.77. The molecular weight excluding hydrogens is 428 g/mol. The standard InChI is InChI=1S/C18H18F4N4O3S/c1-26-10-13(30(28,29)25-17(5-2-6-17)18(20,21)22)8-15(26)16(27)24-12-3-4-14(19)11(7-12)9-23/h3-4,7-8,10,16,24-25,27H,2,5-6H2,1H3. The summed E-state index contributed by atoms with van der Waals surface area (Å²) in [5, 5.41) is 21.8. The largest absolute Gasteiger partial charge is 0.407 e. The number of aromatic nitrogens is 1. The van der Waals surface area contributed by atoms with Crippen molar-refractivity contribution in [1.82, 2.24) is 9.29 Å². The van der Waals surface area contributed by atoms with E-state index in [1.165, 1.54) is 17.7 Å². The highest BCUT2D eigenvalue weighted by Gasteiger charge is 2.60. The Labute approximate surface area is 170 Å². The van der Waals surface area contributed by atoms with Crippen molar-refractivity contribution in [2.45, 2.75) is 42.1 Å². The van der Waals surface area contributed by atoms with Gasteiger partial charge in [0.15, 0.2) is 6.23 Å². The van der Waals surface area contributed by atoms with Gasteiger partial charge in [-0.3, -0.25) is 0 Å². The monoisotopic (exact) mass is 446 g/mol. The minimum atomic E-state index is -4.72. The fourth-order valence-electron chi connectivity index (χ4n) is 3.19. The molecule has 2 aromatic rings. The molecule has 0 amide bonds. The molecule has 1 fully saturated rings. The van der Waals surface area contributed by atoms with E-state index in [-0.39, 0.29) is 36.2 Å². The van der Waals surface area contributed by atoms with Crippen LogP contribution in [0.4, 0.5) is 23.2 Å². The number of nitriles is 1. The number of anilines is 1. The van der Waals surface area contributed by atoms with Crippen molar-refractivity contribution < 1.29 is 31.1 Å². The average Bonchev–Trinajstić information content (AvgIpc) is 3.01. The van der Waals surface area contributed by atoms with Gasteiger partial charge in [-0.05, 0) is 43.5 Å². The predicted octanol–water partition coefficient (Wildman–Crippen LogP) is 2.90. The van der Waals surface area contributed by atoms with Crippen molar-refractivity contribution in [1.29, 1.82) is 5.26 Å². The van der Waals surface area contributed by atoms with Gasteiger partial charge in [-0.25, -0.2) is 12.8 Å². The van der Waals surface area contributed by atoms with E-state index in [2.05, 4.69) is 5.32 Å². The lowest BCUT2D eigenvalue weighted by molar-refractivity contribution is -0.212. The molecular formula is C18H18F4N4O3S. The first-order valence-corrected chi connectivity index (χ1v) is 10.3. The highest BCUT2D eigenvalue weighted by Crippen LogP contribution is 2.46. The zero-order valence-corrected chi connectivity index (χ0v) is 16.5. The summed E-state index contributed by atoms with van der Waals surface area (Å²) in [4.78, 5) is -0.437. The van der Waals surface area contributed by atoms with Crippen molar-refractivity contribution in [3.63, 3.8) is 0 Å². The smallest absolute Gasteiger partial charge is 0.368 e. The van der Waals surface area contributed by atoms with Crippen molar-refractivity contribution >= 4 is 15.7 Å². The SMILES string of the molecule is Cn1cc(S(=O)(=O)NC2(C(F)(F)F)CCC2)cc1C(O)Nc1ccc(F)c(C#N)c1. The minimum absolute atomic E-state index is 0.0351. The molecule has 12 heteroatoms. The molecule has 0 bridgehead atoms. The van der Waals surface area contributed by atoms with Crippen LogP contribution in [-0.4, -0.2) is 29.8 Å². The van der Waals surface area contributed by atoms with Gasteiger partial charge in [-0.15, -0.1) is 0 Å². The van der Waals surface area contributed by atoms with Gasteiger partial charge in [0.05, 0.1) is 11.3 Å². The van der Waals surface area contributed by atoms with Gasteiger partial charge in [-0.1, -0.05) is 0 Å². The van der Waals surface area contributed by atoms with Crippen LogP contribution >= 0.6 is 0 Å². The number of nitrogens with zero attached hydrogens (tertiary/aromatic N) is 2. The van der Waals surface area contributed by atoms with E-state index < -0.39 is 38.7 Å². The maximum atomic E-state index is 13.4. The van der Waals surface area contributed by atoms with Crippen LogP contribution in [0.15, 0.2) is 35.4 Å². The van der Waals surface area contributed by atoms with Gasteiger partial charge in [0, 0.05) is 18.9 Å². The summed E-state index contributed by atoms with van der Waals surface area (Å²) in [6.45, 7) is 0. The Balaban J connectivity index is 1.83. The number of halogens is 4. The number of benzene rings is 1. The van der Waals surface area contributed by atoms with Crippen LogP contribution in [0.25, 0.3) is 0 Å². The number of aryl methyl sites for hydroxylation is 1. The fraction of sp³-hybridized carbons (Fsp3) is 0.389. The second-order valence-corrected chi connectivity index (χ2v) is 8.79. The van der Waals surface area contributed by atoms with E-state index >= 15 is 0 Å². The molecule has 3 rings (SSSR count). The van der Waals surface area contributed by atoms with E-state index in [4.69, 9.17) is 5.26 Å². The van der Waals surface area contributed by atoms with E-state index in [0.717, 1.165) is 24.4 Å². The number of aliphatic hydroxyl groups is 1. The van der Waals surface area contributed by atoms with E-state index in [0.29, 0.717) is 0 Å². The predicted molar refractivity (Wildman–Crippen MR) is 98.1 cm³/mol. The number of sulfonamides is 1. The van der Waals surface area contributed by atoms with Crippen LogP contribution in [0.2, 0.25) is 0 Å². The summed E-state index contributed by atoms with van der Waals surface area (Å²) < 4.78 is 81.5. The highest BCUT2D eigenvalue weighted by molar-refractivity contribution is 7.89. The first-order valence-electron chi connectivity index (χ1n) is 8.80. The molecule has 1 unspecified atom stereocenters. The number of alkyl halides is 3. The third-order valence-electron chi connectivity index (χ3n) is 5.08. The molecule has 1 heterocycles. The van der Waals surface area contributed by atoms with Gasteiger partial charge in [-0.2, -0.15) is 23.2 Å². The summed E-state index contributed by atoms with van der Waals surface area (Å²) >= 11 is 0. The molecule has 0 saturated heterocycles. The Morgan fingerprint density at radius 2 is 1.97 bits per heavy atom. The number of aliphatic hydroxyl groups excluding tert-OH is 1. The van der Waals surface area contributed by atoms with Gasteiger partial charge >= 0.3 is 6.18 Å². The zero-order valence-electron chi connectivity index (χ0n) is 15.7. The van der Waals surface area contributed by atoms with E-state index in [1.807, 2.05) is 0 Å². The van der Waals surface area contributed by atoms with Crippen LogP contribution in [-0.2, 0) is 17.1 Å². The molecule has 1 aromatic carbocycles. The second-order valence-electron chi connectivity index (χ2n) is 7.10. The number of hydrogen-bond donors (Lipinski definition) is 3. The maximum Gasteiger partial charge on any atom is 0.407 e. The summed E-state index contributed by atoms with van der Waals surface area (Å²) in [6, 6.07) is 6.13. The van der Waals surface area contributed by atoms with Crippen LogP contribution in [0.5, 0.6) is 0 Å². The van der Waals surface area contributed by atoms with Crippen molar-refractivity contribution in [3.05, 3.63) is 47.5 Å². The Hall–Kier alpha value is -2.62. The third kappa shape index (κ3) is 4.00. The van der Waals surface area contributed by atoms with Crippen LogP contribution in [0.1, 0.15) is 36.7 Å². The highest BCUT2D eigenvalue weighted by atomic mass is 32.2. The molecule has 30 heavy (non-hydrogen) atoms. The molecule has 1 aromatic heterocycles. The first kappa shape index (κ1) is 22.1. The van der Waals surface area contributed by atoms with Crippen molar-refractivity contribution in [3.8, 4) is 6.07 Å². The Bertz CT molecular complexity index is 1100. The number of rotatable bonds is 6. The summed E-state index contributed by atoms with van der Waals surface area (Å²) in [5.41, 5.74) is -2.52. The molecule has 7 nitrogen and oxygen atoms in total. The fourth-order valence-corrected chi connectivity index (χ4v) is 4.72. The molecule has 1 aliphatic rings. The Morgan fingerprint density at radius 3 is 2.50 bits per heavy atom. The molecule has 0 radical (unpaired) electrons. The topological polar surface area (TPSA) is 107 Å². The van der Waals surface area contributed by atoms with Crippen molar-refractivity contribution in [2.75, 3.05) is 5.32 Å². The average molecular weight is 446 g/mol.